The van der Waals surface area contributed by atoms with Crippen LogP contribution in [0.3, 0.4) is 0 Å². The van der Waals surface area contributed by atoms with Gasteiger partial charge in [0.15, 0.2) is 11.2 Å². The van der Waals surface area contributed by atoms with Crippen molar-refractivity contribution in [2.24, 2.45) is 10.8 Å². The zero-order chi connectivity index (χ0) is 32.0. The Labute approximate surface area is 245 Å². The van der Waals surface area contributed by atoms with Crippen molar-refractivity contribution in [1.29, 1.82) is 0 Å². The molecule has 1 aromatic carbocycles. The van der Waals surface area contributed by atoms with Crippen molar-refractivity contribution in [2.75, 3.05) is 7.11 Å². The Morgan fingerprint density at radius 1 is 1.02 bits per heavy atom. The highest BCUT2D eigenvalue weighted by Gasteiger charge is 2.53. The number of aliphatic hydroxyl groups is 2. The number of hydrogen-bond donors (Lipinski definition) is 6. The zero-order valence-electron chi connectivity index (χ0n) is 22.2. The number of halogens is 1. The molecule has 0 saturated heterocycles. The molecular formula is C28H17ClN4O11. The number of phenolic OH excluding ortho intramolecular Hbond substituents is 1. The van der Waals surface area contributed by atoms with Crippen LogP contribution in [0.15, 0.2) is 41.2 Å². The van der Waals surface area contributed by atoms with Crippen molar-refractivity contribution in [3.05, 3.63) is 106 Å². The third kappa shape index (κ3) is 3.43. The van der Waals surface area contributed by atoms with E-state index in [4.69, 9.17) is 22.1 Å². The number of H-pyrrole nitrogens is 1. The molecule has 7 N–H and O–H groups in total. The number of hydrogen-bond acceptors (Lipinski definition) is 12. The summed E-state index contributed by atoms with van der Waals surface area (Å²) >= 11 is 6.68. The van der Waals surface area contributed by atoms with Gasteiger partial charge in [-0.25, -0.2) is 5.43 Å². The lowest BCUT2D eigenvalue weighted by atomic mass is 9.78. The predicted molar refractivity (Wildman–Crippen MR) is 153 cm³/mol. The van der Waals surface area contributed by atoms with Crippen LogP contribution in [-0.4, -0.2) is 45.4 Å². The lowest BCUT2D eigenvalue weighted by Gasteiger charge is -2.27. The maximum absolute atomic E-state index is 13.6. The zero-order valence-corrected chi connectivity index (χ0v) is 22.9. The van der Waals surface area contributed by atoms with Gasteiger partial charge in [0, 0.05) is 17.0 Å². The number of aromatic hydroxyl groups is 1. The van der Waals surface area contributed by atoms with Gasteiger partial charge in [-0.3, -0.25) is 33.6 Å². The van der Waals surface area contributed by atoms with Crippen LogP contribution in [0.25, 0.3) is 22.3 Å². The van der Waals surface area contributed by atoms with Crippen molar-refractivity contribution >= 4 is 51.9 Å². The van der Waals surface area contributed by atoms with Gasteiger partial charge in [-0.05, 0) is 24.5 Å². The molecule has 1 heterocycles. The van der Waals surface area contributed by atoms with Crippen molar-refractivity contribution in [2.45, 2.75) is 18.3 Å². The number of fused-ring (bicyclic) bond motifs is 4. The number of carbonyl (C=O) groups excluding carboxylic acids is 2. The molecule has 0 radical (unpaired) electrons. The molecule has 1 aromatic heterocycles. The van der Waals surface area contributed by atoms with Gasteiger partial charge in [0.2, 0.25) is 16.3 Å². The van der Waals surface area contributed by atoms with Crippen LogP contribution in [0, 0.1) is 10.4 Å². The number of aromatic amines is 1. The van der Waals surface area contributed by atoms with E-state index in [2.05, 4.69) is 10.1 Å². The molecule has 0 aliphatic heterocycles. The minimum atomic E-state index is -2.13. The summed E-state index contributed by atoms with van der Waals surface area (Å²) in [4.78, 5) is 90.5. The molecule has 44 heavy (non-hydrogen) atoms. The van der Waals surface area contributed by atoms with E-state index in [1.807, 2.05) is 5.43 Å². The number of amides is 2. The SMILES string of the molecule is COc1cc(=O)c2c(=O)c3c(c(=O)c=2c1=O)=C(O)[C@]1(CCc2c1c(O)c1c(=O)[nH]c(/C=N/NC(=O)C(N)=O)cc1c2Cl)C=3O. The quantitative estimate of drug-likeness (QED) is 0.0769. The van der Waals surface area contributed by atoms with Crippen LogP contribution in [0.4, 0.5) is 0 Å². The van der Waals surface area contributed by atoms with Crippen molar-refractivity contribution < 1.29 is 29.6 Å². The first-order valence-corrected chi connectivity index (χ1v) is 12.9. The highest BCUT2D eigenvalue weighted by atomic mass is 35.5. The molecule has 16 heteroatoms. The topological polar surface area (TPSA) is 256 Å². The number of benzene rings is 1. The maximum Gasteiger partial charge on any atom is 0.329 e. The number of methoxy groups -OCH3 is 1. The Hall–Kier alpha value is -5.83. The van der Waals surface area contributed by atoms with E-state index in [0.717, 1.165) is 19.4 Å². The summed E-state index contributed by atoms with van der Waals surface area (Å²) in [6.45, 7) is 0. The molecule has 1 atom stereocenters. The number of primary amides is 1. The van der Waals surface area contributed by atoms with Gasteiger partial charge in [-0.1, -0.05) is 11.6 Å². The number of carbonyl (C=O) groups is 2. The van der Waals surface area contributed by atoms with Gasteiger partial charge in [0.25, 0.3) is 5.56 Å². The van der Waals surface area contributed by atoms with Gasteiger partial charge in [0.1, 0.15) is 22.7 Å². The molecule has 0 fully saturated rings. The summed E-state index contributed by atoms with van der Waals surface area (Å²) < 4.78 is 4.86. The number of hydrazone groups is 1. The summed E-state index contributed by atoms with van der Waals surface area (Å²) in [5, 5.41) is 34.5. The van der Waals surface area contributed by atoms with E-state index in [0.29, 0.717) is 0 Å². The standard InChI is InChI=1S/C28H17ClN4O11/c1-44-11-5-10(34)13-14(19(11)35)21(37)16-15(20(13)36)23(39)28(24(16)40)3-2-8-17(28)22(38)12-9(18(8)29)4-7(32-26(12)42)6-31-33-27(43)25(30)41/h4-6,38-40H,2-3H2,1H3,(H2,30,41)(H,32,42)(H,33,43)/b31-6+/t28-/m0/s1. The summed E-state index contributed by atoms with van der Waals surface area (Å²) in [5.74, 6) is -5.51. The number of phenols is 1. The Morgan fingerprint density at radius 2 is 1.66 bits per heavy atom. The molecule has 2 amide bonds. The number of aliphatic hydroxyl groups excluding tert-OH is 2. The number of aromatic nitrogens is 1. The van der Waals surface area contributed by atoms with Crippen LogP contribution in [0.1, 0.15) is 23.2 Å². The molecular weight excluding hydrogens is 604 g/mol. The smallest absolute Gasteiger partial charge is 0.329 e. The molecule has 4 aliphatic carbocycles. The summed E-state index contributed by atoms with van der Waals surface area (Å²) in [6.07, 6.45) is 0.688. The van der Waals surface area contributed by atoms with Crippen LogP contribution in [-0.2, 0) is 21.4 Å². The monoisotopic (exact) mass is 620 g/mol. The second-order valence-corrected chi connectivity index (χ2v) is 10.5. The number of ether oxygens (including phenoxy) is 1. The molecule has 222 valence electrons. The van der Waals surface area contributed by atoms with E-state index >= 15 is 0 Å². The first kappa shape index (κ1) is 28.3. The average Bonchev–Trinajstić information content (AvgIpc) is 3.48. The summed E-state index contributed by atoms with van der Waals surface area (Å²) in [5.41, 5.74) is -0.982. The number of nitrogens with two attached hydrogens (primary N) is 1. The normalized spacial score (nSPS) is 17.1. The molecule has 6 rings (SSSR count). The van der Waals surface area contributed by atoms with Crippen LogP contribution in [0.2, 0.25) is 5.02 Å². The molecule has 4 aliphatic rings. The fourth-order valence-electron chi connectivity index (χ4n) is 6.10. The number of nitrogens with zero attached hydrogens (tertiary/aromatic N) is 1. The van der Waals surface area contributed by atoms with Crippen LogP contribution < -0.4 is 53.6 Å². The van der Waals surface area contributed by atoms with Gasteiger partial charge >= 0.3 is 11.8 Å². The highest BCUT2D eigenvalue weighted by Crippen LogP contribution is 2.56. The third-order valence-electron chi connectivity index (χ3n) is 7.97. The van der Waals surface area contributed by atoms with Gasteiger partial charge in [0.05, 0.1) is 50.3 Å². The van der Waals surface area contributed by atoms with Gasteiger partial charge in [-0.2, -0.15) is 5.10 Å². The van der Waals surface area contributed by atoms with Gasteiger partial charge in [-0.15, -0.1) is 0 Å². The molecule has 15 nitrogen and oxygen atoms in total. The lowest BCUT2D eigenvalue weighted by molar-refractivity contribution is -0.137. The predicted octanol–water partition coefficient (Wildman–Crippen LogP) is -2.90. The van der Waals surface area contributed by atoms with E-state index in [1.165, 1.54) is 6.07 Å². The molecule has 0 unspecified atom stereocenters. The van der Waals surface area contributed by atoms with Crippen molar-refractivity contribution in [3.8, 4) is 11.5 Å². The van der Waals surface area contributed by atoms with Gasteiger partial charge < -0.3 is 30.8 Å². The second-order valence-electron chi connectivity index (χ2n) is 10.1. The largest absolute Gasteiger partial charge is 0.510 e. The van der Waals surface area contributed by atoms with Crippen molar-refractivity contribution in [3.63, 3.8) is 0 Å². The Morgan fingerprint density at radius 3 is 2.27 bits per heavy atom. The number of nitrogens with one attached hydrogen (secondary N) is 2. The van der Waals surface area contributed by atoms with Crippen LogP contribution in [0.5, 0.6) is 11.5 Å². The van der Waals surface area contributed by atoms with E-state index in [1.54, 1.807) is 0 Å². The Bertz CT molecular complexity index is 2570. The molecule has 0 bridgehead atoms. The number of rotatable bonds is 3. The van der Waals surface area contributed by atoms with E-state index in [-0.39, 0.29) is 40.1 Å². The lowest BCUT2D eigenvalue weighted by Crippen LogP contribution is -2.51. The second kappa shape index (κ2) is 9.34. The summed E-state index contributed by atoms with van der Waals surface area (Å²) in [6, 6.07) is 2.03. The first-order chi connectivity index (χ1) is 20.8. The number of pyridine rings is 1. The highest BCUT2D eigenvalue weighted by molar-refractivity contribution is 6.37. The molecule has 2 aromatic rings. The Balaban J connectivity index is 1.67. The third-order valence-corrected chi connectivity index (χ3v) is 8.40. The fraction of sp³-hybridized carbons (Fsp3) is 0.143. The molecule has 0 saturated carbocycles. The van der Waals surface area contributed by atoms with Crippen LogP contribution >= 0.6 is 11.6 Å². The summed E-state index contributed by atoms with van der Waals surface area (Å²) in [7, 11) is 1.09. The van der Waals surface area contributed by atoms with Crippen molar-refractivity contribution in [1.82, 2.24) is 10.4 Å². The minimum Gasteiger partial charge on any atom is -0.510 e. The van der Waals surface area contributed by atoms with E-state index in [9.17, 15) is 48.9 Å². The fourth-order valence-corrected chi connectivity index (χ4v) is 6.44. The first-order valence-electron chi connectivity index (χ1n) is 12.6. The van der Waals surface area contributed by atoms with E-state index < -0.39 is 93.8 Å². The Kier molecular flexibility index (Phi) is 6.00. The minimum absolute atomic E-state index is 0.000241. The molecule has 1 spiro atoms. The maximum atomic E-state index is 13.6. The average molecular weight is 621 g/mol.